The lowest BCUT2D eigenvalue weighted by Crippen LogP contribution is -2.37. The molecule has 2 rings (SSSR count). The van der Waals surface area contributed by atoms with Gasteiger partial charge in [0.1, 0.15) is 0 Å². The van der Waals surface area contributed by atoms with Gasteiger partial charge >= 0.3 is 0 Å². The summed E-state index contributed by atoms with van der Waals surface area (Å²) in [4.78, 5) is 2.52. The molecule has 1 aliphatic heterocycles. The molecule has 1 aromatic rings. The maximum atomic E-state index is 8.82. The fourth-order valence-corrected chi connectivity index (χ4v) is 2.43. The van der Waals surface area contributed by atoms with Crippen molar-refractivity contribution in [2.75, 3.05) is 26.2 Å². The van der Waals surface area contributed by atoms with E-state index in [9.17, 15) is 0 Å². The van der Waals surface area contributed by atoms with Crippen molar-refractivity contribution in [1.82, 2.24) is 20.0 Å². The number of aromatic nitrogens is 2. The molecule has 2 heterocycles. The van der Waals surface area contributed by atoms with E-state index >= 15 is 0 Å². The van der Waals surface area contributed by atoms with E-state index in [1.54, 1.807) is 4.68 Å². The second-order valence-electron chi connectivity index (χ2n) is 5.12. The molecular weight excluding hydrogens is 228 g/mol. The fraction of sp³-hybridized carbons (Fsp3) is 0.769. The first-order chi connectivity index (χ1) is 8.78. The second kappa shape index (κ2) is 6.87. The van der Waals surface area contributed by atoms with E-state index in [1.165, 1.54) is 31.5 Å². The van der Waals surface area contributed by atoms with Crippen molar-refractivity contribution in [2.45, 2.75) is 38.9 Å². The monoisotopic (exact) mass is 252 g/mol. The van der Waals surface area contributed by atoms with Crippen molar-refractivity contribution in [2.24, 2.45) is 0 Å². The zero-order chi connectivity index (χ0) is 12.8. The summed E-state index contributed by atoms with van der Waals surface area (Å²) in [5.41, 5.74) is 1.18. The molecule has 2 N–H and O–H groups in total. The minimum atomic E-state index is 0.139. The Morgan fingerprint density at radius 2 is 2.22 bits per heavy atom. The van der Waals surface area contributed by atoms with Crippen LogP contribution in [0.2, 0.25) is 0 Å². The molecule has 1 aromatic heterocycles. The van der Waals surface area contributed by atoms with Gasteiger partial charge in [0, 0.05) is 30.9 Å². The Kier molecular flexibility index (Phi) is 5.16. The molecule has 102 valence electrons. The maximum absolute atomic E-state index is 8.82. The highest BCUT2D eigenvalue weighted by Crippen LogP contribution is 2.07. The fourth-order valence-electron chi connectivity index (χ4n) is 2.43. The van der Waals surface area contributed by atoms with Crippen molar-refractivity contribution in [3.8, 4) is 0 Å². The molecular formula is C13H24N4O. The summed E-state index contributed by atoms with van der Waals surface area (Å²) in [5, 5.41) is 16.5. The summed E-state index contributed by atoms with van der Waals surface area (Å²) in [7, 11) is 0. The third-order valence-corrected chi connectivity index (χ3v) is 3.40. The molecule has 1 aliphatic rings. The Labute approximate surface area is 109 Å². The van der Waals surface area contributed by atoms with Crippen LogP contribution < -0.4 is 5.32 Å². The van der Waals surface area contributed by atoms with E-state index in [1.807, 2.05) is 12.4 Å². The van der Waals surface area contributed by atoms with Gasteiger partial charge in [-0.15, -0.1) is 0 Å². The Morgan fingerprint density at radius 1 is 1.44 bits per heavy atom. The first kappa shape index (κ1) is 13.5. The molecule has 0 radical (unpaired) electrons. The summed E-state index contributed by atoms with van der Waals surface area (Å²) in [6.45, 7) is 7.42. The minimum Gasteiger partial charge on any atom is -0.394 e. The van der Waals surface area contributed by atoms with Crippen molar-refractivity contribution in [3.05, 3.63) is 18.0 Å². The van der Waals surface area contributed by atoms with Crippen molar-refractivity contribution < 1.29 is 5.11 Å². The van der Waals surface area contributed by atoms with Crippen LogP contribution in [-0.2, 0) is 13.1 Å². The van der Waals surface area contributed by atoms with Gasteiger partial charge in [-0.25, -0.2) is 0 Å². The van der Waals surface area contributed by atoms with Crippen LogP contribution in [-0.4, -0.2) is 52.1 Å². The molecule has 0 aromatic carbocycles. The number of aliphatic hydroxyl groups is 1. The predicted octanol–water partition coefficient (Wildman–Crippen LogP) is 0.449. The van der Waals surface area contributed by atoms with Gasteiger partial charge in [0.15, 0.2) is 0 Å². The molecule has 0 amide bonds. The summed E-state index contributed by atoms with van der Waals surface area (Å²) in [6, 6.07) is 0.504. The minimum absolute atomic E-state index is 0.139. The number of rotatable bonds is 7. The molecule has 1 fully saturated rings. The molecule has 0 spiro atoms. The molecule has 5 nitrogen and oxygen atoms in total. The maximum Gasteiger partial charge on any atom is 0.0640 e. The summed E-state index contributed by atoms with van der Waals surface area (Å²) in [5.74, 6) is 0. The molecule has 0 bridgehead atoms. The quantitative estimate of drug-likeness (QED) is 0.740. The first-order valence-electron chi connectivity index (χ1n) is 6.86. The van der Waals surface area contributed by atoms with Crippen LogP contribution in [0.25, 0.3) is 0 Å². The molecule has 0 saturated carbocycles. The molecule has 1 saturated heterocycles. The van der Waals surface area contributed by atoms with E-state index in [4.69, 9.17) is 5.11 Å². The zero-order valence-corrected chi connectivity index (χ0v) is 11.2. The van der Waals surface area contributed by atoms with Gasteiger partial charge in [0.25, 0.3) is 0 Å². The Morgan fingerprint density at radius 3 is 2.94 bits per heavy atom. The largest absolute Gasteiger partial charge is 0.394 e. The number of nitrogens with zero attached hydrogens (tertiary/aromatic N) is 3. The smallest absolute Gasteiger partial charge is 0.0640 e. The lowest BCUT2D eigenvalue weighted by molar-refractivity contribution is 0.269. The highest BCUT2D eigenvalue weighted by atomic mass is 16.3. The van der Waals surface area contributed by atoms with Gasteiger partial charge in [-0.3, -0.25) is 4.68 Å². The summed E-state index contributed by atoms with van der Waals surface area (Å²) in [6.07, 6.45) is 6.55. The Hall–Kier alpha value is -0.910. The number of aliphatic hydroxyl groups excluding tert-OH is 1. The standard InChI is InChI=1S/C13H24N4O/c1-12(10-16-4-2-3-5-16)14-8-13-9-15-17(11-13)6-7-18/h9,11-12,14,18H,2-8,10H2,1H3. The van der Waals surface area contributed by atoms with Gasteiger partial charge in [-0.05, 0) is 32.9 Å². The van der Waals surface area contributed by atoms with E-state index in [0.717, 1.165) is 13.1 Å². The Bertz CT molecular complexity index is 347. The third kappa shape index (κ3) is 4.08. The van der Waals surface area contributed by atoms with E-state index in [-0.39, 0.29) is 6.61 Å². The van der Waals surface area contributed by atoms with Crippen LogP contribution >= 0.6 is 0 Å². The van der Waals surface area contributed by atoms with Crippen molar-refractivity contribution in [3.63, 3.8) is 0 Å². The lowest BCUT2D eigenvalue weighted by atomic mass is 10.3. The third-order valence-electron chi connectivity index (χ3n) is 3.40. The van der Waals surface area contributed by atoms with Crippen LogP contribution in [0.4, 0.5) is 0 Å². The number of nitrogens with one attached hydrogen (secondary N) is 1. The molecule has 5 heteroatoms. The topological polar surface area (TPSA) is 53.3 Å². The van der Waals surface area contributed by atoms with Crippen molar-refractivity contribution in [1.29, 1.82) is 0 Å². The van der Waals surface area contributed by atoms with Gasteiger partial charge in [-0.2, -0.15) is 5.10 Å². The SMILES string of the molecule is CC(CN1CCCC1)NCc1cnn(CCO)c1. The number of likely N-dealkylation sites (tertiary alicyclic amines) is 1. The normalized spacial score (nSPS) is 18.3. The molecule has 18 heavy (non-hydrogen) atoms. The van der Waals surface area contributed by atoms with Gasteiger partial charge in [0.2, 0.25) is 0 Å². The highest BCUT2D eigenvalue weighted by molar-refractivity contribution is 5.03. The predicted molar refractivity (Wildman–Crippen MR) is 71.3 cm³/mol. The van der Waals surface area contributed by atoms with Crippen molar-refractivity contribution >= 4 is 0 Å². The first-order valence-corrected chi connectivity index (χ1v) is 6.86. The van der Waals surface area contributed by atoms with E-state index in [2.05, 4.69) is 22.2 Å². The summed E-state index contributed by atoms with van der Waals surface area (Å²) >= 11 is 0. The van der Waals surface area contributed by atoms with Gasteiger partial charge < -0.3 is 15.3 Å². The van der Waals surface area contributed by atoms with E-state index < -0.39 is 0 Å². The van der Waals surface area contributed by atoms with Crippen LogP contribution in [0.1, 0.15) is 25.3 Å². The second-order valence-corrected chi connectivity index (χ2v) is 5.12. The molecule has 1 atom stereocenters. The highest BCUT2D eigenvalue weighted by Gasteiger charge is 2.14. The molecule has 1 unspecified atom stereocenters. The number of hydrogen-bond donors (Lipinski definition) is 2. The van der Waals surface area contributed by atoms with Crippen LogP contribution in [0.3, 0.4) is 0 Å². The van der Waals surface area contributed by atoms with Crippen LogP contribution in [0.5, 0.6) is 0 Å². The summed E-state index contributed by atoms with van der Waals surface area (Å²) < 4.78 is 1.78. The number of hydrogen-bond acceptors (Lipinski definition) is 4. The van der Waals surface area contributed by atoms with Crippen LogP contribution in [0.15, 0.2) is 12.4 Å². The van der Waals surface area contributed by atoms with Gasteiger partial charge in [0.05, 0.1) is 19.3 Å². The Balaban J connectivity index is 1.69. The lowest BCUT2D eigenvalue weighted by Gasteiger charge is -2.20. The average molecular weight is 252 g/mol. The zero-order valence-electron chi connectivity index (χ0n) is 11.2. The van der Waals surface area contributed by atoms with Gasteiger partial charge in [-0.1, -0.05) is 0 Å². The molecule has 0 aliphatic carbocycles. The average Bonchev–Trinajstić information content (AvgIpc) is 2.99. The van der Waals surface area contributed by atoms with E-state index in [0.29, 0.717) is 12.6 Å². The van der Waals surface area contributed by atoms with Crippen LogP contribution in [0, 0.1) is 0 Å².